The molecule has 0 aromatic heterocycles. The molecule has 0 saturated heterocycles. The summed E-state index contributed by atoms with van der Waals surface area (Å²) in [6.07, 6.45) is 1.26. The molecule has 2 aromatic carbocycles. The summed E-state index contributed by atoms with van der Waals surface area (Å²) in [5.41, 5.74) is 3.18. The van der Waals surface area contributed by atoms with Crippen molar-refractivity contribution in [3.63, 3.8) is 0 Å². The van der Waals surface area contributed by atoms with Crippen LogP contribution in [0, 0.1) is 5.82 Å². The molecule has 0 N–H and O–H groups in total. The molecule has 2 aromatic rings. The third kappa shape index (κ3) is 1.57. The van der Waals surface area contributed by atoms with Gasteiger partial charge in [-0.15, -0.1) is 0 Å². The molecule has 0 radical (unpaired) electrons. The lowest BCUT2D eigenvalue weighted by atomic mass is 9.96. The van der Waals surface area contributed by atoms with Gasteiger partial charge in [0.25, 0.3) is 0 Å². The molecule has 84 valence electrons. The molecule has 17 heavy (non-hydrogen) atoms. The first-order chi connectivity index (χ1) is 8.27. The topological polar surface area (TPSA) is 17.1 Å². The Morgan fingerprint density at radius 3 is 2.35 bits per heavy atom. The van der Waals surface area contributed by atoms with Gasteiger partial charge in [0, 0.05) is 17.5 Å². The Bertz CT molecular complexity index is 602. The maximum absolute atomic E-state index is 13.8. The number of hydrogen-bond donors (Lipinski definition) is 0. The number of hydrogen-bond acceptors (Lipinski definition) is 1. The predicted octanol–water partition coefficient (Wildman–Crippen LogP) is 3.62. The first-order valence-corrected chi connectivity index (χ1v) is 5.67. The zero-order valence-corrected chi connectivity index (χ0v) is 9.24. The van der Waals surface area contributed by atoms with Gasteiger partial charge in [-0.05, 0) is 23.6 Å². The molecule has 0 atom stereocenters. The SMILES string of the molecule is O=C1CCc2c1cccc2-c1ccccc1F. The van der Waals surface area contributed by atoms with Crippen LogP contribution in [0.2, 0.25) is 0 Å². The Kier molecular flexibility index (Phi) is 2.29. The van der Waals surface area contributed by atoms with Crippen molar-refractivity contribution in [2.45, 2.75) is 12.8 Å². The van der Waals surface area contributed by atoms with Crippen molar-refractivity contribution in [3.8, 4) is 11.1 Å². The summed E-state index contributed by atoms with van der Waals surface area (Å²) in [6, 6.07) is 12.2. The second kappa shape index (κ2) is 3.81. The molecule has 0 unspecified atom stereocenters. The fraction of sp³-hybridized carbons (Fsp3) is 0.133. The van der Waals surface area contributed by atoms with Crippen LogP contribution < -0.4 is 0 Å². The van der Waals surface area contributed by atoms with Gasteiger partial charge < -0.3 is 0 Å². The van der Waals surface area contributed by atoms with Crippen molar-refractivity contribution in [3.05, 3.63) is 59.4 Å². The molecule has 0 aliphatic heterocycles. The third-order valence-corrected chi connectivity index (χ3v) is 3.24. The number of fused-ring (bicyclic) bond motifs is 1. The molecule has 1 aliphatic rings. The van der Waals surface area contributed by atoms with E-state index in [-0.39, 0.29) is 11.6 Å². The number of carbonyl (C=O) groups excluding carboxylic acids is 1. The lowest BCUT2D eigenvalue weighted by Gasteiger charge is -2.08. The molecule has 2 heteroatoms. The first-order valence-electron chi connectivity index (χ1n) is 5.67. The highest BCUT2D eigenvalue weighted by Crippen LogP contribution is 2.33. The Labute approximate surface area is 98.9 Å². The molecule has 0 bridgehead atoms. The minimum Gasteiger partial charge on any atom is -0.294 e. The first kappa shape index (κ1) is 10.2. The minimum atomic E-state index is -0.236. The van der Waals surface area contributed by atoms with Gasteiger partial charge in [-0.1, -0.05) is 36.4 Å². The second-order valence-electron chi connectivity index (χ2n) is 4.23. The van der Waals surface area contributed by atoms with Crippen LogP contribution in [0.4, 0.5) is 4.39 Å². The summed E-state index contributed by atoms with van der Waals surface area (Å²) in [6.45, 7) is 0. The van der Waals surface area contributed by atoms with Crippen molar-refractivity contribution in [2.75, 3.05) is 0 Å². The fourth-order valence-electron chi connectivity index (χ4n) is 2.42. The van der Waals surface area contributed by atoms with Crippen LogP contribution in [0.15, 0.2) is 42.5 Å². The summed E-state index contributed by atoms with van der Waals surface area (Å²) in [7, 11) is 0. The molecule has 1 aliphatic carbocycles. The van der Waals surface area contributed by atoms with Gasteiger partial charge in [0.1, 0.15) is 5.82 Å². The lowest BCUT2D eigenvalue weighted by molar-refractivity contribution is 0.0994. The van der Waals surface area contributed by atoms with E-state index in [1.807, 2.05) is 24.3 Å². The number of halogens is 1. The summed E-state index contributed by atoms with van der Waals surface area (Å²) in [5, 5.41) is 0. The average molecular weight is 226 g/mol. The van der Waals surface area contributed by atoms with Crippen LogP contribution in [0.3, 0.4) is 0 Å². The van der Waals surface area contributed by atoms with Crippen LogP contribution in [0.25, 0.3) is 11.1 Å². The van der Waals surface area contributed by atoms with Gasteiger partial charge in [-0.2, -0.15) is 0 Å². The van der Waals surface area contributed by atoms with E-state index >= 15 is 0 Å². The Hall–Kier alpha value is -1.96. The van der Waals surface area contributed by atoms with Gasteiger partial charge in [-0.3, -0.25) is 4.79 Å². The number of rotatable bonds is 1. The van der Waals surface area contributed by atoms with E-state index in [9.17, 15) is 9.18 Å². The van der Waals surface area contributed by atoms with E-state index in [0.29, 0.717) is 12.0 Å². The van der Waals surface area contributed by atoms with E-state index in [4.69, 9.17) is 0 Å². The van der Waals surface area contributed by atoms with Crippen molar-refractivity contribution in [2.24, 2.45) is 0 Å². The standard InChI is InChI=1S/C15H11FO/c16-14-7-2-1-4-12(14)10-5-3-6-13-11(10)8-9-15(13)17/h1-7H,8-9H2. The maximum atomic E-state index is 13.8. The summed E-state index contributed by atoms with van der Waals surface area (Å²) >= 11 is 0. The Morgan fingerprint density at radius 1 is 0.824 bits per heavy atom. The highest BCUT2D eigenvalue weighted by molar-refractivity contribution is 6.02. The lowest BCUT2D eigenvalue weighted by Crippen LogP contribution is -1.93. The quantitative estimate of drug-likeness (QED) is 0.725. The normalized spacial score (nSPS) is 13.8. The van der Waals surface area contributed by atoms with Crippen LogP contribution in [-0.4, -0.2) is 5.78 Å². The van der Waals surface area contributed by atoms with Gasteiger partial charge >= 0.3 is 0 Å². The zero-order valence-electron chi connectivity index (χ0n) is 9.24. The van der Waals surface area contributed by atoms with Crippen LogP contribution >= 0.6 is 0 Å². The average Bonchev–Trinajstić information content (AvgIpc) is 2.72. The minimum absolute atomic E-state index is 0.165. The Morgan fingerprint density at radius 2 is 1.53 bits per heavy atom. The maximum Gasteiger partial charge on any atom is 0.163 e. The highest BCUT2D eigenvalue weighted by Gasteiger charge is 2.22. The molecular formula is C15H11FO. The van der Waals surface area contributed by atoms with Crippen LogP contribution in [-0.2, 0) is 6.42 Å². The van der Waals surface area contributed by atoms with Crippen LogP contribution in [0.1, 0.15) is 22.3 Å². The predicted molar refractivity (Wildman–Crippen MR) is 64.5 cm³/mol. The van der Waals surface area contributed by atoms with Crippen molar-refractivity contribution in [1.82, 2.24) is 0 Å². The second-order valence-corrected chi connectivity index (χ2v) is 4.23. The number of Topliss-reactive ketones (excluding diaryl/α,β-unsaturated/α-hetero) is 1. The zero-order chi connectivity index (χ0) is 11.8. The number of carbonyl (C=O) groups is 1. The third-order valence-electron chi connectivity index (χ3n) is 3.24. The van der Waals surface area contributed by atoms with Crippen molar-refractivity contribution >= 4 is 5.78 Å². The van der Waals surface area contributed by atoms with E-state index in [1.165, 1.54) is 6.07 Å². The number of ketones is 1. The fourth-order valence-corrected chi connectivity index (χ4v) is 2.42. The molecule has 0 saturated carbocycles. The summed E-state index contributed by atoms with van der Waals surface area (Å²) in [4.78, 5) is 11.6. The molecule has 0 heterocycles. The van der Waals surface area contributed by atoms with E-state index in [0.717, 1.165) is 23.1 Å². The molecule has 1 nitrogen and oxygen atoms in total. The van der Waals surface area contributed by atoms with Gasteiger partial charge in [0.05, 0.1) is 0 Å². The smallest absolute Gasteiger partial charge is 0.163 e. The van der Waals surface area contributed by atoms with Gasteiger partial charge in [0.2, 0.25) is 0 Å². The Balaban J connectivity index is 2.24. The van der Waals surface area contributed by atoms with Gasteiger partial charge in [0.15, 0.2) is 5.78 Å². The van der Waals surface area contributed by atoms with Crippen LogP contribution in [0.5, 0.6) is 0 Å². The van der Waals surface area contributed by atoms with E-state index in [2.05, 4.69) is 0 Å². The van der Waals surface area contributed by atoms with E-state index in [1.54, 1.807) is 12.1 Å². The van der Waals surface area contributed by atoms with E-state index < -0.39 is 0 Å². The van der Waals surface area contributed by atoms with Crippen molar-refractivity contribution in [1.29, 1.82) is 0 Å². The van der Waals surface area contributed by atoms with Gasteiger partial charge in [-0.25, -0.2) is 4.39 Å². The summed E-state index contributed by atoms with van der Waals surface area (Å²) < 4.78 is 13.8. The molecule has 0 fully saturated rings. The number of benzene rings is 2. The monoisotopic (exact) mass is 226 g/mol. The molecule has 3 rings (SSSR count). The summed E-state index contributed by atoms with van der Waals surface area (Å²) in [5.74, 6) is -0.0709. The largest absolute Gasteiger partial charge is 0.294 e. The molecular weight excluding hydrogens is 215 g/mol. The van der Waals surface area contributed by atoms with Crippen molar-refractivity contribution < 1.29 is 9.18 Å². The molecule has 0 spiro atoms. The molecule has 0 amide bonds. The highest BCUT2D eigenvalue weighted by atomic mass is 19.1.